The third-order valence-electron chi connectivity index (χ3n) is 0.923. The topological polar surface area (TPSA) is 33.1 Å². The van der Waals surface area contributed by atoms with Crippen LogP contribution >= 0.6 is 0 Å². The number of pyridine rings is 1. The smallest absolute Gasteiger partial charge is 0.122 e. The lowest BCUT2D eigenvalue weighted by atomic mass is 10.3. The summed E-state index contributed by atoms with van der Waals surface area (Å²) in [5, 5.41) is 8.85. The van der Waals surface area contributed by atoms with Crippen molar-refractivity contribution in [1.29, 1.82) is 0 Å². The minimum Gasteiger partial charge on any atom is -0.508 e. The van der Waals surface area contributed by atoms with Crippen LogP contribution in [0.1, 0.15) is 5.56 Å². The van der Waals surface area contributed by atoms with Crippen molar-refractivity contribution in [2.24, 2.45) is 0 Å². The average molecular weight is 108 g/mol. The summed E-state index contributed by atoms with van der Waals surface area (Å²) in [6, 6.07) is 1.53. The maximum atomic E-state index is 8.85. The Morgan fingerprint density at radius 1 is 1.75 bits per heavy atom. The van der Waals surface area contributed by atoms with E-state index in [4.69, 9.17) is 5.11 Å². The first-order valence-electron chi connectivity index (χ1n) is 2.33. The average Bonchev–Trinajstić information content (AvgIpc) is 1.77. The van der Waals surface area contributed by atoms with E-state index in [-0.39, 0.29) is 5.75 Å². The highest BCUT2D eigenvalue weighted by Gasteiger charge is 1.89. The zero-order valence-corrected chi connectivity index (χ0v) is 4.55. The molecule has 2 nitrogen and oxygen atoms in total. The Hall–Kier alpha value is -1.05. The largest absolute Gasteiger partial charge is 0.508 e. The van der Waals surface area contributed by atoms with Crippen molar-refractivity contribution in [3.05, 3.63) is 24.0 Å². The highest BCUT2D eigenvalue weighted by Crippen LogP contribution is 2.09. The minimum absolute atomic E-state index is 0.250. The van der Waals surface area contributed by atoms with Gasteiger partial charge in [0.2, 0.25) is 0 Å². The number of hydrogen-bond donors (Lipinski definition) is 1. The van der Waals surface area contributed by atoms with E-state index in [1.165, 1.54) is 12.3 Å². The summed E-state index contributed by atoms with van der Waals surface area (Å²) in [7, 11) is 0. The molecule has 0 aliphatic rings. The molecular formula is C6H6NO. The van der Waals surface area contributed by atoms with Gasteiger partial charge >= 0.3 is 0 Å². The van der Waals surface area contributed by atoms with Gasteiger partial charge in [-0.3, -0.25) is 4.98 Å². The van der Waals surface area contributed by atoms with Crippen LogP contribution in [0.4, 0.5) is 0 Å². The molecule has 0 saturated carbocycles. The summed E-state index contributed by atoms with van der Waals surface area (Å²) in [6.45, 7) is 1.75. The van der Waals surface area contributed by atoms with E-state index in [0.717, 1.165) is 0 Å². The Labute approximate surface area is 47.8 Å². The van der Waals surface area contributed by atoms with Crippen molar-refractivity contribution in [2.75, 3.05) is 0 Å². The van der Waals surface area contributed by atoms with E-state index in [9.17, 15) is 0 Å². The lowest BCUT2D eigenvalue weighted by Crippen LogP contribution is -1.75. The quantitative estimate of drug-likeness (QED) is 0.535. The second-order valence-electron chi connectivity index (χ2n) is 1.57. The van der Waals surface area contributed by atoms with Crippen molar-refractivity contribution in [3.63, 3.8) is 0 Å². The fourth-order valence-corrected chi connectivity index (χ4v) is 0.424. The summed E-state index contributed by atoms with van der Waals surface area (Å²) in [5.74, 6) is 0.250. The summed E-state index contributed by atoms with van der Waals surface area (Å²) in [4.78, 5) is 3.66. The number of nitrogens with zero attached hydrogens (tertiary/aromatic N) is 1. The second-order valence-corrected chi connectivity index (χ2v) is 1.57. The lowest BCUT2D eigenvalue weighted by molar-refractivity contribution is 0.470. The molecule has 8 heavy (non-hydrogen) atoms. The first-order chi connectivity index (χ1) is 3.80. The zero-order valence-electron chi connectivity index (χ0n) is 4.55. The molecule has 1 N–H and O–H groups in total. The van der Waals surface area contributed by atoms with Crippen LogP contribution in [-0.2, 0) is 0 Å². The molecule has 0 aliphatic heterocycles. The Morgan fingerprint density at radius 2 is 2.50 bits per heavy atom. The first-order valence-corrected chi connectivity index (χ1v) is 2.33. The van der Waals surface area contributed by atoms with Gasteiger partial charge in [0.05, 0.1) is 6.20 Å². The zero-order chi connectivity index (χ0) is 5.98. The van der Waals surface area contributed by atoms with Crippen LogP contribution in [0.2, 0.25) is 0 Å². The predicted octanol–water partition coefficient (Wildman–Crippen LogP) is 0.896. The van der Waals surface area contributed by atoms with Gasteiger partial charge in [-0.2, -0.15) is 0 Å². The highest BCUT2D eigenvalue weighted by atomic mass is 16.3. The number of aromatic hydroxyl groups is 1. The van der Waals surface area contributed by atoms with Gasteiger partial charge in [0.1, 0.15) is 5.75 Å². The molecule has 0 spiro atoms. The van der Waals surface area contributed by atoms with Crippen LogP contribution in [0.15, 0.2) is 12.3 Å². The van der Waals surface area contributed by atoms with Gasteiger partial charge in [0.25, 0.3) is 0 Å². The van der Waals surface area contributed by atoms with E-state index in [1.807, 2.05) is 0 Å². The van der Waals surface area contributed by atoms with Gasteiger partial charge in [0.15, 0.2) is 0 Å². The minimum atomic E-state index is 0.250. The van der Waals surface area contributed by atoms with Crippen LogP contribution in [0, 0.1) is 13.1 Å². The number of aromatic nitrogens is 1. The van der Waals surface area contributed by atoms with Crippen LogP contribution in [-0.4, -0.2) is 10.1 Å². The van der Waals surface area contributed by atoms with Gasteiger partial charge in [-0.25, -0.2) is 0 Å². The molecule has 0 aromatic carbocycles. The monoisotopic (exact) mass is 108 g/mol. The fourth-order valence-electron chi connectivity index (χ4n) is 0.424. The van der Waals surface area contributed by atoms with E-state index >= 15 is 0 Å². The number of hydrogen-bond acceptors (Lipinski definition) is 2. The molecule has 0 aliphatic carbocycles. The van der Waals surface area contributed by atoms with Crippen molar-refractivity contribution >= 4 is 0 Å². The molecule has 0 amide bonds. The van der Waals surface area contributed by atoms with Gasteiger partial charge in [-0.15, -0.1) is 0 Å². The van der Waals surface area contributed by atoms with Crippen molar-refractivity contribution in [2.45, 2.75) is 6.92 Å². The van der Waals surface area contributed by atoms with E-state index in [2.05, 4.69) is 11.2 Å². The van der Waals surface area contributed by atoms with Crippen molar-refractivity contribution < 1.29 is 5.11 Å². The molecule has 1 radical (unpaired) electrons. The second kappa shape index (κ2) is 1.82. The SMILES string of the molecule is Cc1[c]nccc1O. The van der Waals surface area contributed by atoms with Crippen LogP contribution in [0.5, 0.6) is 5.75 Å². The van der Waals surface area contributed by atoms with Crippen molar-refractivity contribution in [1.82, 2.24) is 4.98 Å². The third-order valence-corrected chi connectivity index (χ3v) is 0.923. The molecule has 1 rings (SSSR count). The first kappa shape index (κ1) is 5.09. The van der Waals surface area contributed by atoms with Crippen LogP contribution < -0.4 is 0 Å². The van der Waals surface area contributed by atoms with Gasteiger partial charge in [-0.1, -0.05) is 0 Å². The molecule has 1 heterocycles. The summed E-state index contributed by atoms with van der Waals surface area (Å²) in [5.41, 5.74) is 0.688. The van der Waals surface area contributed by atoms with Crippen molar-refractivity contribution in [3.8, 4) is 5.75 Å². The number of aryl methyl sites for hydroxylation is 1. The number of rotatable bonds is 0. The molecule has 41 valence electrons. The van der Waals surface area contributed by atoms with E-state index in [1.54, 1.807) is 6.92 Å². The summed E-state index contributed by atoms with van der Waals surface area (Å²) < 4.78 is 0. The fraction of sp³-hybridized carbons (Fsp3) is 0.167. The molecule has 0 saturated heterocycles. The molecule has 2 heteroatoms. The molecule has 0 bridgehead atoms. The Morgan fingerprint density at radius 3 is 2.88 bits per heavy atom. The Balaban J connectivity index is 3.13. The summed E-state index contributed by atoms with van der Waals surface area (Å²) >= 11 is 0. The molecular weight excluding hydrogens is 102 g/mol. The standard InChI is InChI=1S/C6H6NO/c1-5-4-7-3-2-6(5)8/h2-3H,1H3,(H,7,8). The lowest BCUT2D eigenvalue weighted by Gasteiger charge is -1.90. The maximum absolute atomic E-state index is 8.85. The van der Waals surface area contributed by atoms with Gasteiger partial charge < -0.3 is 5.11 Å². The van der Waals surface area contributed by atoms with E-state index < -0.39 is 0 Å². The highest BCUT2D eigenvalue weighted by molar-refractivity contribution is 5.25. The third kappa shape index (κ3) is 0.780. The molecule has 1 aromatic rings. The Bertz CT molecular complexity index is 165. The molecule has 0 unspecified atom stereocenters. The molecule has 1 aromatic heterocycles. The maximum Gasteiger partial charge on any atom is 0.122 e. The van der Waals surface area contributed by atoms with E-state index in [0.29, 0.717) is 5.56 Å². The van der Waals surface area contributed by atoms with Gasteiger partial charge in [0, 0.05) is 11.8 Å². The van der Waals surface area contributed by atoms with Crippen LogP contribution in [0.25, 0.3) is 0 Å². The molecule has 0 fully saturated rings. The van der Waals surface area contributed by atoms with Crippen LogP contribution in [0.3, 0.4) is 0 Å². The van der Waals surface area contributed by atoms with Gasteiger partial charge in [-0.05, 0) is 13.0 Å². The normalized spacial score (nSPS) is 9.12. The summed E-state index contributed by atoms with van der Waals surface area (Å²) in [6.07, 6.45) is 4.10. The predicted molar refractivity (Wildman–Crippen MR) is 29.5 cm³/mol. The Kier molecular flexibility index (Phi) is 1.16. The molecule has 0 atom stereocenters.